The molecule has 0 bridgehead atoms. The average molecular weight is 278 g/mol. The predicted octanol–water partition coefficient (Wildman–Crippen LogP) is 1.24. The fourth-order valence-electron chi connectivity index (χ4n) is 2.23. The molecule has 1 aromatic rings. The number of hydrogen-bond acceptors (Lipinski definition) is 4. The van der Waals surface area contributed by atoms with E-state index in [9.17, 15) is 4.79 Å². The molecule has 5 heteroatoms. The van der Waals surface area contributed by atoms with Crippen molar-refractivity contribution < 1.29 is 4.79 Å². The molecule has 0 radical (unpaired) electrons. The highest BCUT2D eigenvalue weighted by Gasteiger charge is 2.10. The first-order chi connectivity index (χ1) is 9.43. The summed E-state index contributed by atoms with van der Waals surface area (Å²) >= 11 is 0. The lowest BCUT2D eigenvalue weighted by Crippen LogP contribution is -2.41. The molecule has 1 atom stereocenters. The summed E-state index contributed by atoms with van der Waals surface area (Å²) in [5.74, 6) is -0.396. The van der Waals surface area contributed by atoms with E-state index in [0.717, 1.165) is 31.9 Å². The minimum atomic E-state index is -0.396. The van der Waals surface area contributed by atoms with Crippen LogP contribution in [0.25, 0.3) is 0 Å². The van der Waals surface area contributed by atoms with E-state index in [1.807, 2.05) is 19.1 Å². The lowest BCUT2D eigenvalue weighted by atomic mass is 10.2. The molecular formula is C15H26N4O. The zero-order chi connectivity index (χ0) is 15.1. The number of hydrogen-bond donors (Lipinski definition) is 2. The Morgan fingerprint density at radius 3 is 2.35 bits per heavy atom. The van der Waals surface area contributed by atoms with E-state index in [2.05, 4.69) is 23.8 Å². The van der Waals surface area contributed by atoms with Gasteiger partial charge in [-0.05, 0) is 44.7 Å². The number of likely N-dealkylation sites (N-methyl/N-ethyl adjacent to an activating group) is 1. The van der Waals surface area contributed by atoms with Crippen LogP contribution in [0.1, 0.15) is 30.6 Å². The molecule has 0 aliphatic carbocycles. The highest BCUT2D eigenvalue weighted by atomic mass is 16.1. The molecule has 0 aromatic heterocycles. The van der Waals surface area contributed by atoms with Gasteiger partial charge >= 0.3 is 0 Å². The second kappa shape index (κ2) is 7.87. The van der Waals surface area contributed by atoms with Crippen molar-refractivity contribution in [2.75, 3.05) is 31.7 Å². The maximum atomic E-state index is 11.1. The van der Waals surface area contributed by atoms with Crippen molar-refractivity contribution in [3.63, 3.8) is 0 Å². The van der Waals surface area contributed by atoms with Crippen molar-refractivity contribution in [1.82, 2.24) is 4.90 Å². The summed E-state index contributed by atoms with van der Waals surface area (Å²) < 4.78 is 0. The number of nitrogens with zero attached hydrogens (tertiary/aromatic N) is 2. The highest BCUT2D eigenvalue weighted by Crippen LogP contribution is 2.16. The first kappa shape index (κ1) is 16.5. The number of rotatable bonds is 8. The van der Waals surface area contributed by atoms with Crippen LogP contribution in [-0.4, -0.2) is 43.7 Å². The van der Waals surface area contributed by atoms with Crippen LogP contribution in [0.3, 0.4) is 0 Å². The molecule has 1 amide bonds. The molecule has 5 nitrogen and oxygen atoms in total. The molecule has 0 aliphatic rings. The number of benzene rings is 1. The average Bonchev–Trinajstić information content (AvgIpc) is 2.37. The van der Waals surface area contributed by atoms with Crippen molar-refractivity contribution >= 4 is 11.6 Å². The smallest absolute Gasteiger partial charge is 0.248 e. The molecule has 0 fully saturated rings. The van der Waals surface area contributed by atoms with Gasteiger partial charge in [-0.15, -0.1) is 0 Å². The molecule has 20 heavy (non-hydrogen) atoms. The minimum absolute atomic E-state index is 0.153. The first-order valence-corrected chi connectivity index (χ1v) is 7.03. The summed E-state index contributed by atoms with van der Waals surface area (Å²) in [7, 11) is 2.06. The molecule has 1 rings (SSSR count). The molecule has 4 N–H and O–H groups in total. The lowest BCUT2D eigenvalue weighted by Gasteiger charge is -2.30. The molecular weight excluding hydrogens is 252 g/mol. The predicted molar refractivity (Wildman–Crippen MR) is 83.7 cm³/mol. The largest absolute Gasteiger partial charge is 0.366 e. The third-order valence-corrected chi connectivity index (χ3v) is 3.02. The molecule has 1 aromatic carbocycles. The van der Waals surface area contributed by atoms with Gasteiger partial charge in [-0.2, -0.15) is 0 Å². The third-order valence-electron chi connectivity index (χ3n) is 3.02. The van der Waals surface area contributed by atoms with Gasteiger partial charge in [0.25, 0.3) is 0 Å². The summed E-state index contributed by atoms with van der Waals surface area (Å²) in [5, 5.41) is 0. The number of carbonyl (C=O) groups is 1. The SMILES string of the molecule is CCCN(CN(C)CC(C)N)c1ccc(C(N)=O)cc1. The zero-order valence-corrected chi connectivity index (χ0v) is 12.7. The maximum Gasteiger partial charge on any atom is 0.248 e. The molecule has 112 valence electrons. The van der Waals surface area contributed by atoms with Crippen LogP contribution in [-0.2, 0) is 0 Å². The van der Waals surface area contributed by atoms with E-state index < -0.39 is 5.91 Å². The lowest BCUT2D eigenvalue weighted by molar-refractivity contribution is 0.100. The van der Waals surface area contributed by atoms with Crippen molar-refractivity contribution in [3.05, 3.63) is 29.8 Å². The van der Waals surface area contributed by atoms with Gasteiger partial charge in [0.05, 0.1) is 6.67 Å². The maximum absolute atomic E-state index is 11.1. The Morgan fingerprint density at radius 2 is 1.90 bits per heavy atom. The van der Waals surface area contributed by atoms with E-state index in [0.29, 0.717) is 5.56 Å². The number of primary amides is 1. The summed E-state index contributed by atoms with van der Waals surface area (Å²) in [6.07, 6.45) is 1.06. The Hall–Kier alpha value is -1.59. The minimum Gasteiger partial charge on any atom is -0.366 e. The molecule has 0 spiro atoms. The Kier molecular flexibility index (Phi) is 6.48. The number of anilines is 1. The summed E-state index contributed by atoms with van der Waals surface area (Å²) in [5.41, 5.74) is 12.7. The quantitative estimate of drug-likeness (QED) is 0.702. The van der Waals surface area contributed by atoms with E-state index >= 15 is 0 Å². The second-order valence-corrected chi connectivity index (χ2v) is 5.33. The van der Waals surface area contributed by atoms with Gasteiger partial charge in [0, 0.05) is 30.4 Å². The number of nitrogens with two attached hydrogens (primary N) is 2. The van der Waals surface area contributed by atoms with Crippen molar-refractivity contribution in [3.8, 4) is 0 Å². The Balaban J connectivity index is 2.76. The molecule has 0 saturated carbocycles. The number of amides is 1. The van der Waals surface area contributed by atoms with Crippen LogP contribution in [0.5, 0.6) is 0 Å². The molecule has 0 aliphatic heterocycles. The van der Waals surface area contributed by atoms with E-state index in [4.69, 9.17) is 11.5 Å². The topological polar surface area (TPSA) is 75.6 Å². The molecule has 0 heterocycles. The summed E-state index contributed by atoms with van der Waals surface area (Å²) in [6, 6.07) is 7.57. The third kappa shape index (κ3) is 5.19. The molecule has 0 saturated heterocycles. The fraction of sp³-hybridized carbons (Fsp3) is 0.533. The van der Waals surface area contributed by atoms with E-state index in [1.165, 1.54) is 0 Å². The van der Waals surface area contributed by atoms with Crippen LogP contribution in [0.2, 0.25) is 0 Å². The molecule has 1 unspecified atom stereocenters. The Labute approximate surface area is 121 Å². The summed E-state index contributed by atoms with van der Waals surface area (Å²) in [6.45, 7) is 6.77. The van der Waals surface area contributed by atoms with Gasteiger partial charge in [0.15, 0.2) is 0 Å². The van der Waals surface area contributed by atoms with Gasteiger partial charge in [-0.1, -0.05) is 6.92 Å². The van der Waals surface area contributed by atoms with Gasteiger partial charge in [-0.3, -0.25) is 9.69 Å². The van der Waals surface area contributed by atoms with Crippen LogP contribution in [0, 0.1) is 0 Å². The zero-order valence-electron chi connectivity index (χ0n) is 12.7. The van der Waals surface area contributed by atoms with E-state index in [-0.39, 0.29) is 6.04 Å². The monoisotopic (exact) mass is 278 g/mol. The van der Waals surface area contributed by atoms with Crippen LogP contribution in [0.4, 0.5) is 5.69 Å². The van der Waals surface area contributed by atoms with Crippen LogP contribution in [0.15, 0.2) is 24.3 Å². The number of carbonyl (C=O) groups excluding carboxylic acids is 1. The van der Waals surface area contributed by atoms with Crippen molar-refractivity contribution in [2.24, 2.45) is 11.5 Å². The van der Waals surface area contributed by atoms with Gasteiger partial charge in [0.2, 0.25) is 5.91 Å². The summed E-state index contributed by atoms with van der Waals surface area (Å²) in [4.78, 5) is 15.6. The first-order valence-electron chi connectivity index (χ1n) is 7.03. The fourth-order valence-corrected chi connectivity index (χ4v) is 2.23. The van der Waals surface area contributed by atoms with Gasteiger partial charge < -0.3 is 16.4 Å². The van der Waals surface area contributed by atoms with Crippen molar-refractivity contribution in [2.45, 2.75) is 26.3 Å². The standard InChI is InChI=1S/C15H26N4O/c1-4-9-19(11-18(3)10-12(2)16)14-7-5-13(6-8-14)15(17)20/h5-8,12H,4,9-11,16H2,1-3H3,(H2,17,20). The van der Waals surface area contributed by atoms with E-state index in [1.54, 1.807) is 12.1 Å². The highest BCUT2D eigenvalue weighted by molar-refractivity contribution is 5.93. The van der Waals surface area contributed by atoms with Gasteiger partial charge in [-0.25, -0.2) is 0 Å². The normalized spacial score (nSPS) is 12.4. The van der Waals surface area contributed by atoms with Crippen molar-refractivity contribution in [1.29, 1.82) is 0 Å². The van der Waals surface area contributed by atoms with Gasteiger partial charge in [0.1, 0.15) is 0 Å². The van der Waals surface area contributed by atoms with Crippen LogP contribution >= 0.6 is 0 Å². The van der Waals surface area contributed by atoms with Crippen LogP contribution < -0.4 is 16.4 Å². The Bertz CT molecular complexity index is 416. The Morgan fingerprint density at radius 1 is 1.30 bits per heavy atom. The second-order valence-electron chi connectivity index (χ2n) is 5.33.